The smallest absolute Gasteiger partial charge is 0.285 e. The second-order valence-corrected chi connectivity index (χ2v) is 9.44. The molecule has 0 spiro atoms. The molecule has 3 aromatic carbocycles. The summed E-state index contributed by atoms with van der Waals surface area (Å²) in [5.74, 6) is -0.206. The first-order valence-electron chi connectivity index (χ1n) is 9.71. The van der Waals surface area contributed by atoms with Crippen LogP contribution >= 0.6 is 47.2 Å². The quantitative estimate of drug-likeness (QED) is 0.317. The molecule has 1 aliphatic heterocycles. The minimum absolute atomic E-state index is 0.237. The molecule has 166 valence electrons. The van der Waals surface area contributed by atoms with E-state index in [1.54, 1.807) is 24.3 Å². The number of carbonyl (C=O) groups is 2. The van der Waals surface area contributed by atoms with E-state index in [1.165, 1.54) is 6.07 Å². The monoisotopic (exact) mass is 514 g/mol. The van der Waals surface area contributed by atoms with Crippen LogP contribution in [0, 0.1) is 0 Å². The van der Waals surface area contributed by atoms with E-state index in [1.807, 2.05) is 48.5 Å². The van der Waals surface area contributed by atoms with Crippen molar-refractivity contribution >= 4 is 69.4 Å². The fourth-order valence-corrected chi connectivity index (χ4v) is 4.51. The summed E-state index contributed by atoms with van der Waals surface area (Å²) < 4.78 is 6.02. The second-order valence-electron chi connectivity index (χ2n) is 6.92. The summed E-state index contributed by atoms with van der Waals surface area (Å²) >= 11 is 18.5. The number of hydrogen-bond donors (Lipinski definition) is 1. The number of halogens is 2. The number of ether oxygens (including phenoxy) is 1. The number of nitrogens with one attached hydrogen (secondary N) is 1. The molecule has 9 heteroatoms. The molecular weight excluding hydrogens is 499 g/mol. The first kappa shape index (κ1) is 23.3. The van der Waals surface area contributed by atoms with E-state index >= 15 is 0 Å². The Morgan fingerprint density at radius 3 is 2.55 bits per heavy atom. The Kier molecular flexibility index (Phi) is 7.35. The SMILES string of the molecule is O=C(NN1C(=O)/C(=C/c2ccc(OCc3ccccc3Cl)cc2)SC1=S)c1cccc(Cl)c1. The van der Waals surface area contributed by atoms with E-state index in [-0.39, 0.29) is 4.32 Å². The van der Waals surface area contributed by atoms with Crippen molar-refractivity contribution in [3.05, 3.63) is 104 Å². The van der Waals surface area contributed by atoms with Crippen LogP contribution in [0.25, 0.3) is 6.08 Å². The number of thioether (sulfide) groups is 1. The Balaban J connectivity index is 1.40. The number of benzene rings is 3. The van der Waals surface area contributed by atoms with Gasteiger partial charge >= 0.3 is 0 Å². The highest BCUT2D eigenvalue weighted by Crippen LogP contribution is 2.32. The molecule has 5 nitrogen and oxygen atoms in total. The van der Waals surface area contributed by atoms with Crippen LogP contribution < -0.4 is 10.2 Å². The third kappa shape index (κ3) is 5.75. The third-order valence-electron chi connectivity index (χ3n) is 4.62. The van der Waals surface area contributed by atoms with Crippen molar-refractivity contribution in [2.45, 2.75) is 6.61 Å². The number of thiocarbonyl (C=S) groups is 1. The molecule has 0 aliphatic carbocycles. The number of rotatable bonds is 6. The van der Waals surface area contributed by atoms with Crippen LogP contribution in [0.5, 0.6) is 5.75 Å². The fourth-order valence-electron chi connectivity index (χ4n) is 2.95. The number of amides is 2. The molecule has 4 rings (SSSR count). The summed E-state index contributed by atoms with van der Waals surface area (Å²) in [6, 6.07) is 21.2. The molecule has 0 radical (unpaired) electrons. The first-order chi connectivity index (χ1) is 15.9. The molecule has 3 aromatic rings. The molecule has 0 atom stereocenters. The van der Waals surface area contributed by atoms with Crippen molar-refractivity contribution in [1.82, 2.24) is 10.4 Å². The lowest BCUT2D eigenvalue weighted by atomic mass is 10.2. The zero-order valence-corrected chi connectivity index (χ0v) is 20.1. The lowest BCUT2D eigenvalue weighted by Crippen LogP contribution is -2.44. The molecule has 0 saturated carbocycles. The van der Waals surface area contributed by atoms with Gasteiger partial charge in [0.25, 0.3) is 11.8 Å². The lowest BCUT2D eigenvalue weighted by Gasteiger charge is -2.15. The van der Waals surface area contributed by atoms with Crippen molar-refractivity contribution in [1.29, 1.82) is 0 Å². The fraction of sp³-hybridized carbons (Fsp3) is 0.0417. The Morgan fingerprint density at radius 2 is 1.82 bits per heavy atom. The highest BCUT2D eigenvalue weighted by molar-refractivity contribution is 8.26. The van der Waals surface area contributed by atoms with Crippen LogP contribution in [0.4, 0.5) is 0 Å². The average molecular weight is 515 g/mol. The lowest BCUT2D eigenvalue weighted by molar-refractivity contribution is -0.123. The van der Waals surface area contributed by atoms with E-state index in [9.17, 15) is 9.59 Å². The van der Waals surface area contributed by atoms with Gasteiger partial charge in [-0.3, -0.25) is 15.0 Å². The van der Waals surface area contributed by atoms with Crippen LogP contribution in [0.1, 0.15) is 21.5 Å². The topological polar surface area (TPSA) is 58.6 Å². The Morgan fingerprint density at radius 1 is 1.06 bits per heavy atom. The van der Waals surface area contributed by atoms with Gasteiger partial charge in [-0.25, -0.2) is 0 Å². The third-order valence-corrected chi connectivity index (χ3v) is 6.53. The van der Waals surface area contributed by atoms with Crippen molar-refractivity contribution in [2.24, 2.45) is 0 Å². The van der Waals surface area contributed by atoms with Crippen molar-refractivity contribution < 1.29 is 14.3 Å². The first-order valence-corrected chi connectivity index (χ1v) is 11.7. The zero-order valence-electron chi connectivity index (χ0n) is 17.0. The van der Waals surface area contributed by atoms with Crippen LogP contribution in [0.2, 0.25) is 10.0 Å². The second kappa shape index (κ2) is 10.4. The van der Waals surface area contributed by atoms with E-state index in [2.05, 4.69) is 5.43 Å². The summed E-state index contributed by atoms with van der Waals surface area (Å²) in [6.07, 6.45) is 1.71. The van der Waals surface area contributed by atoms with Crippen LogP contribution in [-0.2, 0) is 11.4 Å². The molecule has 1 fully saturated rings. The van der Waals surface area contributed by atoms with Gasteiger partial charge in [0.15, 0.2) is 4.32 Å². The maximum absolute atomic E-state index is 12.8. The van der Waals surface area contributed by atoms with Crippen molar-refractivity contribution in [2.75, 3.05) is 0 Å². The average Bonchev–Trinajstić information content (AvgIpc) is 3.06. The predicted molar refractivity (Wildman–Crippen MR) is 136 cm³/mol. The van der Waals surface area contributed by atoms with E-state index in [0.29, 0.717) is 32.9 Å². The highest BCUT2D eigenvalue weighted by atomic mass is 35.5. The molecule has 1 heterocycles. The van der Waals surface area contributed by atoms with Gasteiger partial charge in [0.2, 0.25) is 0 Å². The van der Waals surface area contributed by atoms with Crippen molar-refractivity contribution in [3.8, 4) is 5.75 Å². The Labute approximate surface area is 210 Å². The van der Waals surface area contributed by atoms with Gasteiger partial charge in [-0.15, -0.1) is 0 Å². The van der Waals surface area contributed by atoms with Gasteiger partial charge < -0.3 is 4.74 Å². The molecule has 0 bridgehead atoms. The molecule has 33 heavy (non-hydrogen) atoms. The summed E-state index contributed by atoms with van der Waals surface area (Å²) in [6.45, 7) is 0.351. The van der Waals surface area contributed by atoms with Gasteiger partial charge in [0, 0.05) is 21.2 Å². The molecule has 0 aromatic heterocycles. The van der Waals surface area contributed by atoms with E-state index < -0.39 is 11.8 Å². The number of hydrazine groups is 1. The predicted octanol–water partition coefficient (Wildman–Crippen LogP) is 6.12. The highest BCUT2D eigenvalue weighted by Gasteiger charge is 2.33. The maximum Gasteiger partial charge on any atom is 0.285 e. The Bertz CT molecular complexity index is 1260. The minimum Gasteiger partial charge on any atom is -0.489 e. The maximum atomic E-state index is 12.8. The van der Waals surface area contributed by atoms with Gasteiger partial charge in [0.05, 0.1) is 4.91 Å². The largest absolute Gasteiger partial charge is 0.489 e. The van der Waals surface area contributed by atoms with Gasteiger partial charge in [-0.05, 0) is 60.3 Å². The molecule has 1 saturated heterocycles. The standard InChI is InChI=1S/C24H16Cl2N2O3S2/c25-18-6-3-5-16(13-18)22(29)27-28-23(30)21(33-24(28)32)12-15-8-10-19(11-9-15)31-14-17-4-1-2-7-20(17)26/h1-13H,14H2,(H,27,29)/b21-12-. The summed E-state index contributed by atoms with van der Waals surface area (Å²) in [4.78, 5) is 25.6. The summed E-state index contributed by atoms with van der Waals surface area (Å²) in [7, 11) is 0. The summed E-state index contributed by atoms with van der Waals surface area (Å²) in [5, 5.41) is 2.14. The number of carbonyl (C=O) groups excluding carboxylic acids is 2. The van der Waals surface area contributed by atoms with Crippen molar-refractivity contribution in [3.63, 3.8) is 0 Å². The molecule has 1 N–H and O–H groups in total. The van der Waals surface area contributed by atoms with Gasteiger partial charge in [-0.2, -0.15) is 5.01 Å². The molecular formula is C24H16Cl2N2O3S2. The van der Waals surface area contributed by atoms with Crippen LogP contribution in [0.3, 0.4) is 0 Å². The van der Waals surface area contributed by atoms with Crippen LogP contribution in [-0.4, -0.2) is 21.1 Å². The zero-order chi connectivity index (χ0) is 23.4. The minimum atomic E-state index is -0.477. The van der Waals surface area contributed by atoms with Gasteiger partial charge in [-0.1, -0.05) is 71.4 Å². The van der Waals surface area contributed by atoms with Crippen LogP contribution in [0.15, 0.2) is 77.7 Å². The molecule has 1 aliphatic rings. The molecule has 0 unspecified atom stereocenters. The normalized spacial score (nSPS) is 14.6. The number of nitrogens with zero attached hydrogens (tertiary/aromatic N) is 1. The Hall–Kier alpha value is -2.84. The van der Waals surface area contributed by atoms with Gasteiger partial charge in [0.1, 0.15) is 12.4 Å². The summed E-state index contributed by atoms with van der Waals surface area (Å²) in [5.41, 5.74) is 4.55. The van der Waals surface area contributed by atoms with E-state index in [0.717, 1.165) is 27.9 Å². The van der Waals surface area contributed by atoms with E-state index in [4.69, 9.17) is 40.2 Å². The molecule has 2 amide bonds. The number of hydrogen-bond acceptors (Lipinski definition) is 5.